The van der Waals surface area contributed by atoms with Crippen molar-refractivity contribution in [3.63, 3.8) is 0 Å². The molecule has 0 amide bonds. The topological polar surface area (TPSA) is 56.2 Å². The summed E-state index contributed by atoms with van der Waals surface area (Å²) in [6, 6.07) is 5.89. The third-order valence-corrected chi connectivity index (χ3v) is 4.44. The van der Waals surface area contributed by atoms with Crippen LogP contribution < -0.4 is 10.7 Å². The number of fused-ring (bicyclic) bond motifs is 1. The Kier molecular flexibility index (Phi) is 2.56. The molecule has 0 spiro atoms. The molecule has 1 aliphatic carbocycles. The molecule has 1 fully saturated rings. The van der Waals surface area contributed by atoms with Crippen molar-refractivity contribution < 1.29 is 4.42 Å². The van der Waals surface area contributed by atoms with Gasteiger partial charge < -0.3 is 10.2 Å². The van der Waals surface area contributed by atoms with E-state index in [2.05, 4.69) is 0 Å². The summed E-state index contributed by atoms with van der Waals surface area (Å²) in [7, 11) is 0. The summed E-state index contributed by atoms with van der Waals surface area (Å²) < 4.78 is 5.97. The van der Waals surface area contributed by atoms with Crippen molar-refractivity contribution in [2.45, 2.75) is 37.6 Å². The zero-order valence-electron chi connectivity index (χ0n) is 9.57. The smallest absolute Gasteiger partial charge is 0.396 e. The number of hydrogen-bond acceptors (Lipinski definition) is 4. The molecule has 1 aromatic heterocycles. The summed E-state index contributed by atoms with van der Waals surface area (Å²) in [6.07, 6.45) is 5.73. The number of benzene rings is 1. The van der Waals surface area contributed by atoms with E-state index in [1.54, 1.807) is 0 Å². The molecule has 3 rings (SSSR count). The predicted molar refractivity (Wildman–Crippen MR) is 69.3 cm³/mol. The molecular formula is C13H15NO2S. The summed E-state index contributed by atoms with van der Waals surface area (Å²) >= 11 is 1.15. The van der Waals surface area contributed by atoms with Crippen molar-refractivity contribution in [1.29, 1.82) is 0 Å². The van der Waals surface area contributed by atoms with Gasteiger partial charge in [0.2, 0.25) is 0 Å². The number of nitrogens with two attached hydrogens (primary N) is 1. The Bertz CT molecular complexity index is 593. The Hall–Kier alpha value is -1.13. The van der Waals surface area contributed by atoms with Gasteiger partial charge in [-0.2, -0.15) is 0 Å². The van der Waals surface area contributed by atoms with Crippen LogP contribution in [0.5, 0.6) is 0 Å². The normalized spacial score (nSPS) is 19.6. The second-order valence-corrected chi connectivity index (χ2v) is 5.81. The van der Waals surface area contributed by atoms with E-state index in [-0.39, 0.29) is 10.5 Å². The minimum Gasteiger partial charge on any atom is -0.414 e. The molecule has 2 aromatic rings. The Morgan fingerprint density at radius 3 is 2.76 bits per heavy atom. The van der Waals surface area contributed by atoms with Gasteiger partial charge in [0.1, 0.15) is 5.58 Å². The van der Waals surface area contributed by atoms with Crippen LogP contribution in [0.4, 0.5) is 0 Å². The molecule has 0 aliphatic heterocycles. The fourth-order valence-electron chi connectivity index (χ4n) is 2.65. The molecule has 0 saturated heterocycles. The van der Waals surface area contributed by atoms with E-state index in [1.165, 1.54) is 19.3 Å². The van der Waals surface area contributed by atoms with Gasteiger partial charge in [-0.25, -0.2) is 4.79 Å². The van der Waals surface area contributed by atoms with Crippen molar-refractivity contribution in [1.82, 2.24) is 0 Å². The molecule has 90 valence electrons. The molecule has 4 heteroatoms. The summed E-state index contributed by atoms with van der Waals surface area (Å²) in [5.74, 6) is 0. The molecule has 3 nitrogen and oxygen atoms in total. The summed E-state index contributed by atoms with van der Waals surface area (Å²) in [4.78, 5) is 10.9. The molecule has 1 heterocycles. The summed E-state index contributed by atoms with van der Waals surface area (Å²) in [6.45, 7) is 0. The van der Waals surface area contributed by atoms with Gasteiger partial charge in [0.05, 0.1) is 4.70 Å². The second-order valence-electron chi connectivity index (χ2n) is 4.83. The van der Waals surface area contributed by atoms with Gasteiger partial charge in [-0.15, -0.1) is 0 Å². The van der Waals surface area contributed by atoms with E-state index in [0.29, 0.717) is 5.58 Å². The predicted octanol–water partition coefficient (Wildman–Crippen LogP) is 2.97. The highest BCUT2D eigenvalue weighted by Gasteiger charge is 2.29. The molecule has 0 bridgehead atoms. The Morgan fingerprint density at radius 1 is 1.24 bits per heavy atom. The molecule has 1 aliphatic rings. The zero-order chi connectivity index (χ0) is 11.9. The van der Waals surface area contributed by atoms with Crippen LogP contribution in [0.1, 0.15) is 37.7 Å². The van der Waals surface area contributed by atoms with Gasteiger partial charge >= 0.3 is 4.94 Å². The van der Waals surface area contributed by atoms with Crippen LogP contribution in [0.2, 0.25) is 0 Å². The average molecular weight is 249 g/mol. The SMILES string of the molecule is NC1(c2ccc3oc(=O)sc3c2)CCCCC1. The van der Waals surface area contributed by atoms with Gasteiger partial charge in [0.25, 0.3) is 0 Å². The Balaban J connectivity index is 2.07. The quantitative estimate of drug-likeness (QED) is 0.845. The summed E-state index contributed by atoms with van der Waals surface area (Å²) in [5, 5.41) is 0. The van der Waals surface area contributed by atoms with E-state index >= 15 is 0 Å². The molecular weight excluding hydrogens is 234 g/mol. The first-order valence-corrected chi connectivity index (χ1v) is 6.82. The van der Waals surface area contributed by atoms with Crippen molar-refractivity contribution in [3.8, 4) is 0 Å². The maximum atomic E-state index is 11.2. The molecule has 0 atom stereocenters. The van der Waals surface area contributed by atoms with Crippen molar-refractivity contribution in [2.24, 2.45) is 5.73 Å². The van der Waals surface area contributed by atoms with Crippen LogP contribution in [0.15, 0.2) is 27.4 Å². The van der Waals surface area contributed by atoms with E-state index in [1.807, 2.05) is 18.2 Å². The van der Waals surface area contributed by atoms with Crippen LogP contribution >= 0.6 is 11.3 Å². The number of rotatable bonds is 1. The third-order valence-electron chi connectivity index (χ3n) is 3.65. The molecule has 2 N–H and O–H groups in total. The van der Waals surface area contributed by atoms with Gasteiger partial charge in [-0.05, 0) is 30.5 Å². The fourth-order valence-corrected chi connectivity index (χ4v) is 3.36. The fraction of sp³-hybridized carbons (Fsp3) is 0.462. The van der Waals surface area contributed by atoms with Crippen LogP contribution in [-0.2, 0) is 5.54 Å². The van der Waals surface area contributed by atoms with Crippen molar-refractivity contribution >= 4 is 21.6 Å². The van der Waals surface area contributed by atoms with Crippen molar-refractivity contribution in [3.05, 3.63) is 33.5 Å². The van der Waals surface area contributed by atoms with Crippen LogP contribution in [0, 0.1) is 0 Å². The maximum Gasteiger partial charge on any atom is 0.396 e. The highest BCUT2D eigenvalue weighted by Crippen LogP contribution is 2.36. The van der Waals surface area contributed by atoms with E-state index in [4.69, 9.17) is 10.2 Å². The lowest BCUT2D eigenvalue weighted by Gasteiger charge is -2.33. The van der Waals surface area contributed by atoms with E-state index in [0.717, 1.165) is 34.4 Å². The maximum absolute atomic E-state index is 11.2. The molecule has 17 heavy (non-hydrogen) atoms. The van der Waals surface area contributed by atoms with Crippen LogP contribution in [0.3, 0.4) is 0 Å². The lowest BCUT2D eigenvalue weighted by Crippen LogP contribution is -2.38. The average Bonchev–Trinajstić information content (AvgIpc) is 2.69. The van der Waals surface area contributed by atoms with Crippen LogP contribution in [0.25, 0.3) is 10.3 Å². The molecule has 0 radical (unpaired) electrons. The number of hydrogen-bond donors (Lipinski definition) is 1. The van der Waals surface area contributed by atoms with Gasteiger partial charge in [0.15, 0.2) is 0 Å². The monoisotopic (exact) mass is 249 g/mol. The van der Waals surface area contributed by atoms with Crippen molar-refractivity contribution in [2.75, 3.05) is 0 Å². The Morgan fingerprint density at radius 2 is 2.00 bits per heavy atom. The minimum atomic E-state index is -0.244. The molecule has 1 saturated carbocycles. The first-order valence-electron chi connectivity index (χ1n) is 6.00. The van der Waals surface area contributed by atoms with Crippen LogP contribution in [-0.4, -0.2) is 0 Å². The first-order chi connectivity index (χ1) is 8.17. The molecule has 0 unspecified atom stereocenters. The molecule has 1 aromatic carbocycles. The summed E-state index contributed by atoms with van der Waals surface area (Å²) in [5.41, 5.74) is 8.08. The highest BCUT2D eigenvalue weighted by atomic mass is 32.1. The zero-order valence-corrected chi connectivity index (χ0v) is 10.4. The lowest BCUT2D eigenvalue weighted by atomic mass is 9.77. The lowest BCUT2D eigenvalue weighted by molar-refractivity contribution is 0.302. The second kappa shape index (κ2) is 3.96. The third kappa shape index (κ3) is 1.91. The standard InChI is InChI=1S/C13H15NO2S/c14-13(6-2-1-3-7-13)9-4-5-10-11(8-9)17-12(15)16-10/h4-5,8H,1-3,6-7,14H2. The Labute approximate surface area is 103 Å². The first kappa shape index (κ1) is 11.0. The van der Waals surface area contributed by atoms with Gasteiger partial charge in [-0.3, -0.25) is 0 Å². The van der Waals surface area contributed by atoms with E-state index < -0.39 is 0 Å². The minimum absolute atomic E-state index is 0.209. The highest BCUT2D eigenvalue weighted by molar-refractivity contribution is 7.16. The van der Waals surface area contributed by atoms with E-state index in [9.17, 15) is 4.79 Å². The van der Waals surface area contributed by atoms with Gasteiger partial charge in [0, 0.05) is 5.54 Å². The van der Waals surface area contributed by atoms with Gasteiger partial charge in [-0.1, -0.05) is 36.7 Å². The largest absolute Gasteiger partial charge is 0.414 e.